The van der Waals surface area contributed by atoms with Gasteiger partial charge in [0.1, 0.15) is 0 Å². The second-order valence-electron chi connectivity index (χ2n) is 2.84. The lowest BCUT2D eigenvalue weighted by molar-refractivity contribution is 0.647. The second kappa shape index (κ2) is 6.05. The van der Waals surface area contributed by atoms with E-state index < -0.39 is 0 Å². The van der Waals surface area contributed by atoms with Crippen LogP contribution in [0.1, 0.15) is 12.6 Å². The third-order valence-electron chi connectivity index (χ3n) is 1.93. The van der Waals surface area contributed by atoms with Crippen molar-refractivity contribution in [3.8, 4) is 0 Å². The van der Waals surface area contributed by atoms with Crippen molar-refractivity contribution in [1.29, 1.82) is 0 Å². The minimum absolute atomic E-state index is 0.925. The van der Waals surface area contributed by atoms with Gasteiger partial charge in [-0.25, -0.2) is 4.98 Å². The van der Waals surface area contributed by atoms with Crippen molar-refractivity contribution >= 4 is 11.8 Å². The summed E-state index contributed by atoms with van der Waals surface area (Å²) in [6.45, 7) is 5.12. The molecule has 0 fully saturated rings. The van der Waals surface area contributed by atoms with Gasteiger partial charge in [0.25, 0.3) is 0 Å². The van der Waals surface area contributed by atoms with E-state index in [9.17, 15) is 0 Å². The van der Waals surface area contributed by atoms with Crippen LogP contribution in [0.25, 0.3) is 0 Å². The van der Waals surface area contributed by atoms with E-state index in [0.717, 1.165) is 19.6 Å². The number of imidazole rings is 1. The van der Waals surface area contributed by atoms with E-state index in [1.807, 2.05) is 24.3 Å². The fraction of sp³-hybridized carbons (Fsp3) is 0.667. The molecular weight excluding hydrogens is 182 g/mol. The van der Waals surface area contributed by atoms with Gasteiger partial charge < -0.3 is 9.88 Å². The molecule has 0 saturated heterocycles. The minimum Gasteiger partial charge on any atom is -0.334 e. The molecule has 0 radical (unpaired) electrons. The first-order valence-corrected chi connectivity index (χ1v) is 5.96. The third kappa shape index (κ3) is 3.40. The molecule has 0 aliphatic rings. The fourth-order valence-electron chi connectivity index (χ4n) is 1.17. The zero-order valence-electron chi connectivity index (χ0n) is 8.29. The fourth-order valence-corrected chi connectivity index (χ4v) is 1.52. The third-order valence-corrected chi connectivity index (χ3v) is 2.54. The summed E-state index contributed by atoms with van der Waals surface area (Å²) in [6, 6.07) is 0. The van der Waals surface area contributed by atoms with E-state index in [-0.39, 0.29) is 0 Å². The molecule has 1 rings (SSSR count). The molecule has 1 N–H and O–H groups in total. The van der Waals surface area contributed by atoms with Crippen LogP contribution in [-0.4, -0.2) is 28.1 Å². The van der Waals surface area contributed by atoms with Gasteiger partial charge in [0, 0.05) is 31.6 Å². The average molecular weight is 199 g/mol. The number of nitrogens with one attached hydrogen (secondary N) is 1. The van der Waals surface area contributed by atoms with Gasteiger partial charge >= 0.3 is 0 Å². The zero-order valence-corrected chi connectivity index (χ0v) is 9.10. The van der Waals surface area contributed by atoms with Gasteiger partial charge in [0.2, 0.25) is 0 Å². The van der Waals surface area contributed by atoms with Crippen LogP contribution in [0.3, 0.4) is 0 Å². The first-order chi connectivity index (χ1) is 6.38. The number of aryl methyl sites for hydroxylation is 1. The number of hydrogen-bond donors (Lipinski definition) is 1. The van der Waals surface area contributed by atoms with Crippen molar-refractivity contribution in [3.63, 3.8) is 0 Å². The molecule has 0 spiro atoms. The Kier molecular flexibility index (Phi) is 4.93. The summed E-state index contributed by atoms with van der Waals surface area (Å²) in [5, 5.41) is 3.38. The van der Waals surface area contributed by atoms with E-state index >= 15 is 0 Å². The number of thioether (sulfide) groups is 1. The average Bonchev–Trinajstić information content (AvgIpc) is 2.60. The highest BCUT2D eigenvalue weighted by molar-refractivity contribution is 7.98. The van der Waals surface area contributed by atoms with Crippen molar-refractivity contribution in [1.82, 2.24) is 14.9 Å². The van der Waals surface area contributed by atoms with Gasteiger partial charge in [-0.05, 0) is 13.2 Å². The van der Waals surface area contributed by atoms with Crippen LogP contribution in [0.15, 0.2) is 12.5 Å². The van der Waals surface area contributed by atoms with Gasteiger partial charge in [-0.3, -0.25) is 0 Å². The Morgan fingerprint density at radius 1 is 1.62 bits per heavy atom. The molecular formula is C9H17N3S. The summed E-state index contributed by atoms with van der Waals surface area (Å²) in [5.74, 6) is 1.17. The highest BCUT2D eigenvalue weighted by atomic mass is 32.2. The van der Waals surface area contributed by atoms with Crippen LogP contribution in [0.2, 0.25) is 0 Å². The molecule has 4 heteroatoms. The van der Waals surface area contributed by atoms with E-state index in [1.54, 1.807) is 0 Å². The SMILES string of the molecule is CCn1cncc1CNCCSC. The molecule has 1 aromatic heterocycles. The molecule has 74 valence electrons. The van der Waals surface area contributed by atoms with Gasteiger partial charge in [0.05, 0.1) is 12.0 Å². The van der Waals surface area contributed by atoms with E-state index in [0.29, 0.717) is 0 Å². The molecule has 0 unspecified atom stereocenters. The van der Waals surface area contributed by atoms with Crippen LogP contribution in [-0.2, 0) is 13.1 Å². The van der Waals surface area contributed by atoms with Crippen LogP contribution < -0.4 is 5.32 Å². The molecule has 0 saturated carbocycles. The molecule has 0 aromatic carbocycles. The maximum absolute atomic E-state index is 4.11. The van der Waals surface area contributed by atoms with Crippen molar-refractivity contribution < 1.29 is 0 Å². The normalized spacial score (nSPS) is 10.6. The maximum atomic E-state index is 4.11. The monoisotopic (exact) mass is 199 g/mol. The van der Waals surface area contributed by atoms with Gasteiger partial charge in [-0.1, -0.05) is 0 Å². The Balaban J connectivity index is 2.27. The summed E-state index contributed by atoms with van der Waals surface area (Å²) in [5.41, 5.74) is 1.27. The van der Waals surface area contributed by atoms with E-state index in [4.69, 9.17) is 0 Å². The summed E-state index contributed by atoms with van der Waals surface area (Å²) in [6.07, 6.45) is 5.93. The molecule has 0 atom stereocenters. The highest BCUT2D eigenvalue weighted by Crippen LogP contribution is 1.98. The smallest absolute Gasteiger partial charge is 0.0948 e. The number of rotatable bonds is 6. The Hall–Kier alpha value is -0.480. The lowest BCUT2D eigenvalue weighted by Crippen LogP contribution is -2.18. The first-order valence-electron chi connectivity index (χ1n) is 4.57. The van der Waals surface area contributed by atoms with Crippen molar-refractivity contribution in [2.75, 3.05) is 18.6 Å². The number of aromatic nitrogens is 2. The van der Waals surface area contributed by atoms with E-state index in [2.05, 4.69) is 28.0 Å². The Labute approximate surface area is 83.9 Å². The quantitative estimate of drug-likeness (QED) is 0.702. The lowest BCUT2D eigenvalue weighted by Gasteiger charge is -2.05. The number of hydrogen-bond acceptors (Lipinski definition) is 3. The van der Waals surface area contributed by atoms with Crippen LogP contribution >= 0.6 is 11.8 Å². The minimum atomic E-state index is 0.925. The summed E-state index contributed by atoms with van der Waals surface area (Å²) in [7, 11) is 0. The molecule has 13 heavy (non-hydrogen) atoms. The highest BCUT2D eigenvalue weighted by Gasteiger charge is 1.98. The molecule has 0 aliphatic heterocycles. The summed E-state index contributed by atoms with van der Waals surface area (Å²) < 4.78 is 2.16. The molecule has 0 amide bonds. The predicted molar refractivity (Wildman–Crippen MR) is 58.0 cm³/mol. The molecule has 1 aromatic rings. The lowest BCUT2D eigenvalue weighted by atomic mass is 10.4. The Morgan fingerprint density at radius 2 is 2.46 bits per heavy atom. The molecule has 0 bridgehead atoms. The maximum Gasteiger partial charge on any atom is 0.0948 e. The summed E-state index contributed by atoms with van der Waals surface area (Å²) in [4.78, 5) is 4.11. The van der Waals surface area contributed by atoms with Crippen molar-refractivity contribution in [3.05, 3.63) is 18.2 Å². The predicted octanol–water partition coefficient (Wildman–Crippen LogP) is 1.36. The number of nitrogens with zero attached hydrogens (tertiary/aromatic N) is 2. The largest absolute Gasteiger partial charge is 0.334 e. The second-order valence-corrected chi connectivity index (χ2v) is 3.83. The topological polar surface area (TPSA) is 29.9 Å². The van der Waals surface area contributed by atoms with Gasteiger partial charge in [0.15, 0.2) is 0 Å². The standard InChI is InChI=1S/C9H17N3S/c1-3-12-8-11-7-9(12)6-10-4-5-13-2/h7-8,10H,3-6H2,1-2H3. The van der Waals surface area contributed by atoms with Crippen molar-refractivity contribution in [2.45, 2.75) is 20.0 Å². The van der Waals surface area contributed by atoms with Gasteiger partial charge in [-0.2, -0.15) is 11.8 Å². The Bertz CT molecular complexity index is 235. The molecule has 0 aliphatic carbocycles. The first kappa shape index (κ1) is 10.6. The van der Waals surface area contributed by atoms with Gasteiger partial charge in [-0.15, -0.1) is 0 Å². The van der Waals surface area contributed by atoms with Crippen LogP contribution in [0.4, 0.5) is 0 Å². The van der Waals surface area contributed by atoms with E-state index in [1.165, 1.54) is 11.4 Å². The Morgan fingerprint density at radius 3 is 3.15 bits per heavy atom. The summed E-state index contributed by atoms with van der Waals surface area (Å²) >= 11 is 1.86. The zero-order chi connectivity index (χ0) is 9.52. The van der Waals surface area contributed by atoms with Crippen LogP contribution in [0, 0.1) is 0 Å². The molecule has 3 nitrogen and oxygen atoms in total. The van der Waals surface area contributed by atoms with Crippen LogP contribution in [0.5, 0.6) is 0 Å². The molecule has 1 heterocycles. The van der Waals surface area contributed by atoms with Crippen molar-refractivity contribution in [2.24, 2.45) is 0 Å².